The zero-order chi connectivity index (χ0) is 23.1. The van der Waals surface area contributed by atoms with Gasteiger partial charge in [-0.1, -0.05) is 6.92 Å². The fourth-order valence-electron chi connectivity index (χ4n) is 4.70. The number of aryl methyl sites for hydroxylation is 2. The van der Waals surface area contributed by atoms with E-state index in [0.29, 0.717) is 35.3 Å². The van der Waals surface area contributed by atoms with Crippen LogP contribution in [0.2, 0.25) is 0 Å². The molecule has 1 aliphatic heterocycles. The Bertz CT molecular complexity index is 1240. The third-order valence-electron chi connectivity index (χ3n) is 6.38. The third-order valence-corrected chi connectivity index (χ3v) is 7.60. The van der Waals surface area contributed by atoms with Crippen molar-refractivity contribution in [1.29, 1.82) is 0 Å². The zero-order valence-electron chi connectivity index (χ0n) is 19.1. The first-order chi connectivity index (χ1) is 15.9. The number of aromatic nitrogens is 1. The van der Waals surface area contributed by atoms with E-state index in [1.54, 1.807) is 0 Å². The summed E-state index contributed by atoms with van der Waals surface area (Å²) in [5, 5.41) is 0. The van der Waals surface area contributed by atoms with Gasteiger partial charge in [-0.15, -0.1) is 11.3 Å². The van der Waals surface area contributed by atoms with Gasteiger partial charge in [0.05, 0.1) is 0 Å². The van der Waals surface area contributed by atoms with Crippen LogP contribution < -0.4 is 9.47 Å². The fraction of sp³-hybridized carbons (Fsp3) is 0.385. The molecule has 33 heavy (non-hydrogen) atoms. The number of ether oxygens (including phenoxy) is 3. The second kappa shape index (κ2) is 8.71. The Labute approximate surface area is 197 Å². The number of benzene rings is 1. The molecule has 0 radical (unpaired) electrons. The second-order valence-electron chi connectivity index (χ2n) is 8.85. The summed E-state index contributed by atoms with van der Waals surface area (Å²) in [5.74, 6) is 1.43. The number of carbonyl (C=O) groups excluding carboxylic acids is 2. The summed E-state index contributed by atoms with van der Waals surface area (Å²) in [5.41, 5.74) is 4.41. The van der Waals surface area contributed by atoms with Gasteiger partial charge in [0, 0.05) is 33.6 Å². The van der Waals surface area contributed by atoms with Gasteiger partial charge in [-0.05, 0) is 68.9 Å². The molecule has 5 rings (SSSR count). The van der Waals surface area contributed by atoms with Crippen LogP contribution in [0.15, 0.2) is 30.3 Å². The van der Waals surface area contributed by atoms with Crippen molar-refractivity contribution in [1.82, 2.24) is 4.57 Å². The number of hydrogen-bond donors (Lipinski definition) is 0. The molecular formula is C26H27NO5S. The summed E-state index contributed by atoms with van der Waals surface area (Å²) in [6.07, 6.45) is 3.17. The highest BCUT2D eigenvalue weighted by atomic mass is 32.1. The molecule has 0 saturated heterocycles. The Morgan fingerprint density at radius 3 is 2.73 bits per heavy atom. The molecule has 0 saturated carbocycles. The molecule has 1 aliphatic carbocycles. The Morgan fingerprint density at radius 2 is 1.91 bits per heavy atom. The van der Waals surface area contributed by atoms with Crippen molar-refractivity contribution in [2.75, 3.05) is 19.8 Å². The molecule has 3 heterocycles. The number of ketones is 1. The Morgan fingerprint density at radius 1 is 1.12 bits per heavy atom. The van der Waals surface area contributed by atoms with E-state index in [2.05, 4.69) is 6.92 Å². The molecule has 0 unspecified atom stereocenters. The minimum absolute atomic E-state index is 0.213. The van der Waals surface area contributed by atoms with E-state index in [-0.39, 0.29) is 12.4 Å². The van der Waals surface area contributed by atoms with Gasteiger partial charge in [-0.25, -0.2) is 4.79 Å². The molecule has 0 fully saturated rings. The van der Waals surface area contributed by atoms with Gasteiger partial charge in [-0.2, -0.15) is 0 Å². The van der Waals surface area contributed by atoms with Crippen LogP contribution in [0.25, 0.3) is 5.69 Å². The minimum atomic E-state index is -0.420. The van der Waals surface area contributed by atoms with Crippen LogP contribution in [0.5, 0.6) is 11.5 Å². The van der Waals surface area contributed by atoms with Gasteiger partial charge in [0.2, 0.25) is 5.78 Å². The molecule has 172 valence electrons. The van der Waals surface area contributed by atoms with E-state index in [1.807, 2.05) is 48.7 Å². The van der Waals surface area contributed by atoms with Crippen molar-refractivity contribution >= 4 is 23.1 Å². The number of thiophene rings is 1. The number of carbonyl (C=O) groups is 2. The van der Waals surface area contributed by atoms with E-state index in [0.717, 1.165) is 42.1 Å². The summed E-state index contributed by atoms with van der Waals surface area (Å²) in [6.45, 7) is 6.86. The third kappa shape index (κ3) is 4.17. The monoisotopic (exact) mass is 465 g/mol. The molecule has 2 aliphatic rings. The molecular weight excluding hydrogens is 438 g/mol. The van der Waals surface area contributed by atoms with Crippen LogP contribution in [0, 0.1) is 19.8 Å². The average molecular weight is 466 g/mol. The number of nitrogens with zero attached hydrogens (tertiary/aromatic N) is 1. The SMILES string of the molecule is Cc1cc(C(=O)COC(=O)c2cc3c(s2)CC[C@H](C)C3)c(C)n1-c1ccc2c(c1)OCCO2. The van der Waals surface area contributed by atoms with Crippen molar-refractivity contribution < 1.29 is 23.8 Å². The summed E-state index contributed by atoms with van der Waals surface area (Å²) < 4.78 is 18.7. The molecule has 0 N–H and O–H groups in total. The first-order valence-corrected chi connectivity index (χ1v) is 12.1. The lowest BCUT2D eigenvalue weighted by atomic mass is 9.90. The molecule has 6 nitrogen and oxygen atoms in total. The highest BCUT2D eigenvalue weighted by Crippen LogP contribution is 2.34. The standard InChI is InChI=1S/C26H27NO5S/c1-15-4-7-24-18(10-15)12-25(33-24)26(29)32-14-21(28)20-11-16(2)27(17(20)3)19-5-6-22-23(13-19)31-9-8-30-22/h5-6,11-13,15H,4,7-10,14H2,1-3H3/t15-/m0/s1. The van der Waals surface area contributed by atoms with Crippen molar-refractivity contribution in [3.63, 3.8) is 0 Å². The van der Waals surface area contributed by atoms with Crippen molar-refractivity contribution in [3.8, 4) is 17.2 Å². The Kier molecular flexibility index (Phi) is 5.74. The quantitative estimate of drug-likeness (QED) is 0.388. The number of hydrogen-bond acceptors (Lipinski definition) is 6. The summed E-state index contributed by atoms with van der Waals surface area (Å²) in [4.78, 5) is 27.4. The second-order valence-corrected chi connectivity index (χ2v) is 9.99. The van der Waals surface area contributed by atoms with Crippen molar-refractivity contribution in [2.45, 2.75) is 40.0 Å². The largest absolute Gasteiger partial charge is 0.486 e. The van der Waals surface area contributed by atoms with Gasteiger partial charge >= 0.3 is 5.97 Å². The van der Waals surface area contributed by atoms with Crippen LogP contribution in [-0.4, -0.2) is 36.1 Å². The Balaban J connectivity index is 1.30. The predicted molar refractivity (Wildman–Crippen MR) is 126 cm³/mol. The number of esters is 1. The molecule has 2 aromatic heterocycles. The van der Waals surface area contributed by atoms with Gasteiger partial charge in [0.25, 0.3) is 0 Å². The van der Waals surface area contributed by atoms with Crippen LogP contribution in [0.3, 0.4) is 0 Å². The topological polar surface area (TPSA) is 66.8 Å². The van der Waals surface area contributed by atoms with Gasteiger partial charge in [0.1, 0.15) is 18.1 Å². The zero-order valence-corrected chi connectivity index (χ0v) is 19.9. The van der Waals surface area contributed by atoms with Crippen molar-refractivity contribution in [3.05, 3.63) is 62.6 Å². The lowest BCUT2D eigenvalue weighted by Crippen LogP contribution is -2.16. The van der Waals surface area contributed by atoms with Crippen molar-refractivity contribution in [2.24, 2.45) is 5.92 Å². The first kappa shape index (κ1) is 21.8. The molecule has 0 bridgehead atoms. The minimum Gasteiger partial charge on any atom is -0.486 e. The maximum atomic E-state index is 12.9. The lowest BCUT2D eigenvalue weighted by molar-refractivity contribution is 0.0479. The van der Waals surface area contributed by atoms with E-state index in [1.165, 1.54) is 21.8 Å². The maximum absolute atomic E-state index is 12.9. The maximum Gasteiger partial charge on any atom is 0.348 e. The molecule has 0 spiro atoms. The highest BCUT2D eigenvalue weighted by molar-refractivity contribution is 7.14. The van der Waals surface area contributed by atoms with E-state index in [9.17, 15) is 9.59 Å². The van der Waals surface area contributed by atoms with Crippen LogP contribution in [0.4, 0.5) is 0 Å². The van der Waals surface area contributed by atoms with Crippen LogP contribution >= 0.6 is 11.3 Å². The molecule has 1 aromatic carbocycles. The summed E-state index contributed by atoms with van der Waals surface area (Å²) in [7, 11) is 0. The average Bonchev–Trinajstić information content (AvgIpc) is 3.36. The normalized spacial score (nSPS) is 16.9. The first-order valence-electron chi connectivity index (χ1n) is 11.3. The summed E-state index contributed by atoms with van der Waals surface area (Å²) >= 11 is 1.50. The molecule has 1 atom stereocenters. The van der Waals surface area contributed by atoms with Crippen LogP contribution in [-0.2, 0) is 17.6 Å². The smallest absolute Gasteiger partial charge is 0.348 e. The molecule has 3 aromatic rings. The van der Waals surface area contributed by atoms with Gasteiger partial charge in [-0.3, -0.25) is 4.79 Å². The van der Waals surface area contributed by atoms with E-state index >= 15 is 0 Å². The van der Waals surface area contributed by atoms with Gasteiger partial charge < -0.3 is 18.8 Å². The molecule has 0 amide bonds. The predicted octanol–water partition coefficient (Wildman–Crippen LogP) is 5.09. The number of fused-ring (bicyclic) bond motifs is 2. The Hall–Kier alpha value is -3.06. The van der Waals surface area contributed by atoms with E-state index in [4.69, 9.17) is 14.2 Å². The fourth-order valence-corrected chi connectivity index (χ4v) is 5.80. The van der Waals surface area contributed by atoms with Crippen LogP contribution in [0.1, 0.15) is 55.2 Å². The lowest BCUT2D eigenvalue weighted by Gasteiger charge is -2.20. The van der Waals surface area contributed by atoms with Gasteiger partial charge in [0.15, 0.2) is 18.1 Å². The van der Waals surface area contributed by atoms with E-state index < -0.39 is 5.97 Å². The number of rotatable bonds is 5. The molecule has 7 heteroatoms. The highest BCUT2D eigenvalue weighted by Gasteiger charge is 2.23. The number of Topliss-reactive ketones (excluding diaryl/α,β-unsaturated/α-hetero) is 1. The summed E-state index contributed by atoms with van der Waals surface area (Å²) in [6, 6.07) is 9.53.